The van der Waals surface area contributed by atoms with Gasteiger partial charge in [-0.25, -0.2) is 0 Å². The third-order valence-electron chi connectivity index (χ3n) is 4.15. The van der Waals surface area contributed by atoms with Crippen molar-refractivity contribution in [2.24, 2.45) is 0 Å². The van der Waals surface area contributed by atoms with Crippen molar-refractivity contribution in [1.29, 1.82) is 0 Å². The standard InChI is InChI=1S/C22H25NO4/c1-16(2)14-26-19-10-8-17(9-11-19)22(24)23-18-5-3-6-20(13-18)27-15-21-7-4-12-25-21/h3,5-6,8-11,13,21H,1,4,7,12,14-15H2,2H3,(H,23,24). The van der Waals surface area contributed by atoms with Crippen molar-refractivity contribution in [3.05, 3.63) is 66.2 Å². The lowest BCUT2D eigenvalue weighted by Crippen LogP contribution is -2.16. The summed E-state index contributed by atoms with van der Waals surface area (Å²) in [6, 6.07) is 14.4. The van der Waals surface area contributed by atoms with Crippen LogP contribution in [0.25, 0.3) is 0 Å². The van der Waals surface area contributed by atoms with Gasteiger partial charge in [-0.15, -0.1) is 0 Å². The highest BCUT2D eigenvalue weighted by Gasteiger charge is 2.16. The number of amides is 1. The fourth-order valence-electron chi connectivity index (χ4n) is 2.74. The minimum absolute atomic E-state index is 0.161. The van der Waals surface area contributed by atoms with E-state index < -0.39 is 0 Å². The van der Waals surface area contributed by atoms with Crippen LogP contribution in [-0.4, -0.2) is 31.8 Å². The second-order valence-corrected chi connectivity index (χ2v) is 6.70. The molecule has 1 amide bonds. The molecule has 1 fully saturated rings. The number of hydrogen-bond donors (Lipinski definition) is 1. The minimum Gasteiger partial charge on any atom is -0.491 e. The summed E-state index contributed by atoms with van der Waals surface area (Å²) in [6.07, 6.45) is 2.28. The number of carbonyl (C=O) groups excluding carboxylic acids is 1. The summed E-state index contributed by atoms with van der Waals surface area (Å²) >= 11 is 0. The van der Waals surface area contributed by atoms with Crippen molar-refractivity contribution >= 4 is 11.6 Å². The Hall–Kier alpha value is -2.79. The zero-order valence-corrected chi connectivity index (χ0v) is 15.6. The van der Waals surface area contributed by atoms with Gasteiger partial charge in [-0.3, -0.25) is 4.79 Å². The molecule has 3 rings (SSSR count). The molecule has 27 heavy (non-hydrogen) atoms. The van der Waals surface area contributed by atoms with Gasteiger partial charge in [0.05, 0.1) is 6.10 Å². The molecule has 1 aliphatic heterocycles. The van der Waals surface area contributed by atoms with E-state index >= 15 is 0 Å². The number of carbonyl (C=O) groups is 1. The van der Waals surface area contributed by atoms with E-state index in [1.807, 2.05) is 31.2 Å². The van der Waals surface area contributed by atoms with E-state index in [1.165, 1.54) is 0 Å². The summed E-state index contributed by atoms with van der Waals surface area (Å²) in [5, 5.41) is 2.89. The first kappa shape index (κ1) is 19.0. The zero-order chi connectivity index (χ0) is 19.1. The Morgan fingerprint density at radius 1 is 1.19 bits per heavy atom. The maximum Gasteiger partial charge on any atom is 0.255 e. The van der Waals surface area contributed by atoms with Gasteiger partial charge >= 0.3 is 0 Å². The maximum absolute atomic E-state index is 12.4. The number of hydrogen-bond acceptors (Lipinski definition) is 4. The van der Waals surface area contributed by atoms with Gasteiger partial charge in [0.1, 0.15) is 24.7 Å². The number of anilines is 1. The predicted molar refractivity (Wildman–Crippen MR) is 106 cm³/mol. The quantitative estimate of drug-likeness (QED) is 0.700. The van der Waals surface area contributed by atoms with E-state index in [0.717, 1.165) is 25.0 Å². The van der Waals surface area contributed by atoms with E-state index in [1.54, 1.807) is 24.3 Å². The first-order valence-electron chi connectivity index (χ1n) is 9.13. The van der Waals surface area contributed by atoms with Gasteiger partial charge in [-0.2, -0.15) is 0 Å². The normalized spacial score (nSPS) is 16.0. The molecule has 0 aliphatic carbocycles. The average Bonchev–Trinajstić information content (AvgIpc) is 3.19. The Labute approximate surface area is 159 Å². The SMILES string of the molecule is C=C(C)COc1ccc(C(=O)Nc2cccc(OCC3CCCO3)c2)cc1. The van der Waals surface area contributed by atoms with Gasteiger partial charge in [0.25, 0.3) is 5.91 Å². The highest BCUT2D eigenvalue weighted by Crippen LogP contribution is 2.21. The largest absolute Gasteiger partial charge is 0.491 e. The molecule has 1 atom stereocenters. The summed E-state index contributed by atoms with van der Waals surface area (Å²) in [7, 11) is 0. The Balaban J connectivity index is 1.55. The van der Waals surface area contributed by atoms with Crippen molar-refractivity contribution < 1.29 is 19.0 Å². The van der Waals surface area contributed by atoms with Crippen LogP contribution in [-0.2, 0) is 4.74 Å². The first-order valence-corrected chi connectivity index (χ1v) is 9.13. The maximum atomic E-state index is 12.4. The summed E-state index contributed by atoms with van der Waals surface area (Å²) in [5.74, 6) is 1.24. The molecule has 142 valence electrons. The Kier molecular flexibility index (Phi) is 6.49. The molecular formula is C22H25NO4. The molecule has 2 aromatic carbocycles. The van der Waals surface area contributed by atoms with Gasteiger partial charge in [0.2, 0.25) is 0 Å². The fourth-order valence-corrected chi connectivity index (χ4v) is 2.74. The molecule has 1 N–H and O–H groups in total. The molecule has 0 saturated carbocycles. The molecule has 5 heteroatoms. The van der Waals surface area contributed by atoms with Crippen molar-refractivity contribution in [2.45, 2.75) is 25.9 Å². The monoisotopic (exact) mass is 367 g/mol. The molecule has 2 aromatic rings. The van der Waals surface area contributed by atoms with Gasteiger partial charge < -0.3 is 19.5 Å². The summed E-state index contributed by atoms with van der Waals surface area (Å²) in [5.41, 5.74) is 2.19. The van der Waals surface area contributed by atoms with Crippen LogP contribution in [0.15, 0.2) is 60.7 Å². The first-order chi connectivity index (χ1) is 13.1. The van der Waals surface area contributed by atoms with E-state index in [4.69, 9.17) is 14.2 Å². The molecule has 0 radical (unpaired) electrons. The number of rotatable bonds is 8. The smallest absolute Gasteiger partial charge is 0.255 e. The van der Waals surface area contributed by atoms with Crippen molar-refractivity contribution in [3.63, 3.8) is 0 Å². The second-order valence-electron chi connectivity index (χ2n) is 6.70. The lowest BCUT2D eigenvalue weighted by Gasteiger charge is -2.13. The van der Waals surface area contributed by atoms with Crippen LogP contribution in [0, 0.1) is 0 Å². The number of nitrogens with one attached hydrogen (secondary N) is 1. The van der Waals surface area contributed by atoms with Crippen LogP contribution in [0.1, 0.15) is 30.1 Å². The van der Waals surface area contributed by atoms with Gasteiger partial charge in [-0.05, 0) is 61.7 Å². The Morgan fingerprint density at radius 2 is 2.00 bits per heavy atom. The fraction of sp³-hybridized carbons (Fsp3) is 0.318. The van der Waals surface area contributed by atoms with Crippen LogP contribution in [0.2, 0.25) is 0 Å². The van der Waals surface area contributed by atoms with Crippen LogP contribution in [0.4, 0.5) is 5.69 Å². The molecule has 0 spiro atoms. The van der Waals surface area contributed by atoms with E-state index in [-0.39, 0.29) is 12.0 Å². The van der Waals surface area contributed by atoms with Crippen LogP contribution in [0.5, 0.6) is 11.5 Å². The van der Waals surface area contributed by atoms with Gasteiger partial charge in [-0.1, -0.05) is 12.6 Å². The molecule has 1 heterocycles. The Bertz CT molecular complexity index is 779. The van der Waals surface area contributed by atoms with Gasteiger partial charge in [0.15, 0.2) is 0 Å². The third kappa shape index (κ3) is 5.86. The van der Waals surface area contributed by atoms with E-state index in [2.05, 4.69) is 11.9 Å². The van der Waals surface area contributed by atoms with Crippen molar-refractivity contribution in [3.8, 4) is 11.5 Å². The molecule has 0 aromatic heterocycles. The lowest BCUT2D eigenvalue weighted by molar-refractivity contribution is 0.0680. The molecule has 1 aliphatic rings. The number of ether oxygens (including phenoxy) is 3. The lowest BCUT2D eigenvalue weighted by atomic mass is 10.2. The minimum atomic E-state index is -0.183. The third-order valence-corrected chi connectivity index (χ3v) is 4.15. The van der Waals surface area contributed by atoms with Crippen molar-refractivity contribution in [1.82, 2.24) is 0 Å². The molecular weight excluding hydrogens is 342 g/mol. The van der Waals surface area contributed by atoms with Crippen LogP contribution in [0.3, 0.4) is 0 Å². The number of benzene rings is 2. The highest BCUT2D eigenvalue weighted by molar-refractivity contribution is 6.04. The molecule has 5 nitrogen and oxygen atoms in total. The molecule has 1 saturated heterocycles. The Morgan fingerprint density at radius 3 is 2.70 bits per heavy atom. The summed E-state index contributed by atoms with van der Waals surface area (Å²) in [4.78, 5) is 12.4. The topological polar surface area (TPSA) is 56.8 Å². The van der Waals surface area contributed by atoms with E-state index in [9.17, 15) is 4.79 Å². The zero-order valence-electron chi connectivity index (χ0n) is 15.6. The van der Waals surface area contributed by atoms with Crippen molar-refractivity contribution in [2.75, 3.05) is 25.1 Å². The second kappa shape index (κ2) is 9.24. The predicted octanol–water partition coefficient (Wildman–Crippen LogP) is 4.45. The summed E-state index contributed by atoms with van der Waals surface area (Å²) in [6.45, 7) is 7.50. The average molecular weight is 367 g/mol. The van der Waals surface area contributed by atoms with Crippen LogP contribution >= 0.6 is 0 Å². The highest BCUT2D eigenvalue weighted by atomic mass is 16.5. The van der Waals surface area contributed by atoms with Crippen LogP contribution < -0.4 is 14.8 Å². The summed E-state index contributed by atoms with van der Waals surface area (Å²) < 4.78 is 16.9. The van der Waals surface area contributed by atoms with E-state index in [0.29, 0.717) is 36.0 Å². The van der Waals surface area contributed by atoms with Gasteiger partial charge in [0, 0.05) is 23.9 Å². The molecule has 0 bridgehead atoms. The molecule has 1 unspecified atom stereocenters.